The second-order valence-electron chi connectivity index (χ2n) is 2.46. The fourth-order valence-corrected chi connectivity index (χ4v) is 0.878. The molecule has 0 unspecified atom stereocenters. The van der Waals surface area contributed by atoms with Gasteiger partial charge in [0.1, 0.15) is 5.70 Å². The van der Waals surface area contributed by atoms with E-state index in [0.29, 0.717) is 0 Å². The first-order valence-electron chi connectivity index (χ1n) is 3.23. The second-order valence-corrected chi connectivity index (χ2v) is 2.46. The van der Waals surface area contributed by atoms with Crippen molar-refractivity contribution in [2.75, 3.05) is 6.54 Å². The van der Waals surface area contributed by atoms with Crippen molar-refractivity contribution in [2.24, 2.45) is 0 Å². The second kappa shape index (κ2) is 2.69. The number of hydrogen-bond donors (Lipinski definition) is 2. The first-order valence-corrected chi connectivity index (χ1v) is 3.23. The van der Waals surface area contributed by atoms with Gasteiger partial charge in [-0.25, -0.2) is 4.79 Å². The molecule has 0 aromatic carbocycles. The Balaban J connectivity index is 2.93. The number of alkyl halides is 3. The number of carbonyl (C=O) groups excluding carboxylic acids is 1. The standard InChI is InChI=1S/C6H7F3N2O/c1-3-2-10-5(12)11-4(3)6(7,8)9/h2H2,1H3,(H2,10,11,12). The average molecular weight is 180 g/mol. The summed E-state index contributed by atoms with van der Waals surface area (Å²) in [5, 5.41) is 3.94. The van der Waals surface area contributed by atoms with Crippen LogP contribution in [0.5, 0.6) is 0 Å². The molecule has 0 atom stereocenters. The van der Waals surface area contributed by atoms with Crippen molar-refractivity contribution >= 4 is 6.03 Å². The number of allylic oxidation sites excluding steroid dienone is 1. The lowest BCUT2D eigenvalue weighted by Crippen LogP contribution is -2.45. The monoisotopic (exact) mass is 180 g/mol. The number of hydrogen-bond acceptors (Lipinski definition) is 1. The van der Waals surface area contributed by atoms with E-state index in [1.165, 1.54) is 6.92 Å². The van der Waals surface area contributed by atoms with Crippen molar-refractivity contribution in [3.63, 3.8) is 0 Å². The molecule has 12 heavy (non-hydrogen) atoms. The smallest absolute Gasteiger partial charge is 0.334 e. The van der Waals surface area contributed by atoms with Gasteiger partial charge in [0, 0.05) is 6.54 Å². The maximum absolute atomic E-state index is 12.1. The third-order valence-corrected chi connectivity index (χ3v) is 1.46. The van der Waals surface area contributed by atoms with Crippen molar-refractivity contribution in [3.05, 3.63) is 11.3 Å². The van der Waals surface area contributed by atoms with Gasteiger partial charge in [-0.15, -0.1) is 0 Å². The molecule has 0 fully saturated rings. The van der Waals surface area contributed by atoms with Gasteiger partial charge in [-0.1, -0.05) is 0 Å². The zero-order chi connectivity index (χ0) is 9.35. The summed E-state index contributed by atoms with van der Waals surface area (Å²) in [4.78, 5) is 10.5. The molecule has 3 nitrogen and oxygen atoms in total. The minimum absolute atomic E-state index is 0.0549. The summed E-state index contributed by atoms with van der Waals surface area (Å²) in [6.07, 6.45) is -4.47. The fourth-order valence-electron chi connectivity index (χ4n) is 0.878. The third kappa shape index (κ3) is 1.69. The summed E-state index contributed by atoms with van der Waals surface area (Å²) < 4.78 is 36.2. The Morgan fingerprint density at radius 2 is 2.00 bits per heavy atom. The summed E-state index contributed by atoms with van der Waals surface area (Å²) in [5.41, 5.74) is -0.867. The lowest BCUT2D eigenvalue weighted by atomic mass is 10.2. The van der Waals surface area contributed by atoms with Crippen LogP contribution in [0.15, 0.2) is 11.3 Å². The molecule has 0 bridgehead atoms. The van der Waals surface area contributed by atoms with Crippen LogP contribution >= 0.6 is 0 Å². The average Bonchev–Trinajstić information content (AvgIpc) is 1.92. The van der Waals surface area contributed by atoms with Crippen molar-refractivity contribution in [3.8, 4) is 0 Å². The first-order chi connectivity index (χ1) is 5.41. The highest BCUT2D eigenvalue weighted by atomic mass is 19.4. The number of urea groups is 1. The van der Waals surface area contributed by atoms with Gasteiger partial charge in [-0.3, -0.25) is 0 Å². The molecule has 0 radical (unpaired) electrons. The molecule has 0 saturated heterocycles. The molecular weight excluding hydrogens is 173 g/mol. The maximum Gasteiger partial charge on any atom is 0.431 e. The molecule has 1 aliphatic heterocycles. The molecule has 0 aliphatic carbocycles. The van der Waals surface area contributed by atoms with Crippen LogP contribution in [0.25, 0.3) is 0 Å². The Morgan fingerprint density at radius 3 is 2.42 bits per heavy atom. The summed E-state index contributed by atoms with van der Waals surface area (Å²) >= 11 is 0. The number of nitrogens with one attached hydrogen (secondary N) is 2. The summed E-state index contributed by atoms with van der Waals surface area (Å²) in [6, 6.07) is -0.812. The third-order valence-electron chi connectivity index (χ3n) is 1.46. The SMILES string of the molecule is CC1=C(C(F)(F)F)NC(=O)NC1. The van der Waals surface area contributed by atoms with Crippen LogP contribution in [0, 0.1) is 0 Å². The first kappa shape index (κ1) is 8.89. The number of rotatable bonds is 0. The molecule has 1 heterocycles. The molecule has 2 N–H and O–H groups in total. The van der Waals surface area contributed by atoms with E-state index in [1.807, 2.05) is 0 Å². The Morgan fingerprint density at radius 1 is 1.42 bits per heavy atom. The van der Waals surface area contributed by atoms with Crippen LogP contribution in [-0.2, 0) is 0 Å². The quantitative estimate of drug-likeness (QED) is 0.576. The minimum atomic E-state index is -4.47. The Labute approximate surface area is 66.6 Å². The minimum Gasteiger partial charge on any atom is -0.334 e. The molecule has 0 saturated carbocycles. The van der Waals surface area contributed by atoms with Gasteiger partial charge in [-0.05, 0) is 12.5 Å². The van der Waals surface area contributed by atoms with Crippen LogP contribution in [0.2, 0.25) is 0 Å². The van der Waals surface area contributed by atoms with Crippen molar-refractivity contribution in [2.45, 2.75) is 13.1 Å². The normalized spacial score (nSPS) is 18.8. The molecule has 1 rings (SSSR count). The zero-order valence-electron chi connectivity index (χ0n) is 6.25. The summed E-state index contributed by atoms with van der Waals surface area (Å²) in [7, 11) is 0. The van der Waals surface area contributed by atoms with Crippen molar-refractivity contribution in [1.82, 2.24) is 10.6 Å². The van der Waals surface area contributed by atoms with Gasteiger partial charge >= 0.3 is 12.2 Å². The van der Waals surface area contributed by atoms with Crippen LogP contribution in [-0.4, -0.2) is 18.8 Å². The van der Waals surface area contributed by atoms with Gasteiger partial charge in [0.05, 0.1) is 0 Å². The van der Waals surface area contributed by atoms with Gasteiger partial charge < -0.3 is 10.6 Å². The number of halogens is 3. The molecule has 68 valence electrons. The zero-order valence-corrected chi connectivity index (χ0v) is 6.25. The molecular formula is C6H7F3N2O. The maximum atomic E-state index is 12.1. The topological polar surface area (TPSA) is 41.1 Å². The van der Waals surface area contributed by atoms with E-state index in [0.717, 1.165) is 0 Å². The van der Waals surface area contributed by atoms with Crippen LogP contribution in [0.1, 0.15) is 6.92 Å². The van der Waals surface area contributed by atoms with Crippen LogP contribution in [0.3, 0.4) is 0 Å². The lowest BCUT2D eigenvalue weighted by molar-refractivity contribution is -0.0968. The van der Waals surface area contributed by atoms with E-state index in [-0.39, 0.29) is 12.1 Å². The summed E-state index contributed by atoms with van der Waals surface area (Å²) in [6.45, 7) is 1.26. The Bertz CT molecular complexity index is 244. The molecule has 1 aliphatic rings. The lowest BCUT2D eigenvalue weighted by Gasteiger charge is -2.21. The van der Waals surface area contributed by atoms with E-state index in [4.69, 9.17) is 0 Å². The largest absolute Gasteiger partial charge is 0.431 e. The highest BCUT2D eigenvalue weighted by molar-refractivity contribution is 5.78. The van der Waals surface area contributed by atoms with Gasteiger partial charge in [0.15, 0.2) is 0 Å². The van der Waals surface area contributed by atoms with E-state index < -0.39 is 17.9 Å². The van der Waals surface area contributed by atoms with Crippen molar-refractivity contribution < 1.29 is 18.0 Å². The predicted molar refractivity (Wildman–Crippen MR) is 35.3 cm³/mol. The van der Waals surface area contributed by atoms with Crippen LogP contribution < -0.4 is 10.6 Å². The highest BCUT2D eigenvalue weighted by Crippen LogP contribution is 2.26. The molecule has 2 amide bonds. The number of carbonyl (C=O) groups is 1. The van der Waals surface area contributed by atoms with Gasteiger partial charge in [0.25, 0.3) is 0 Å². The van der Waals surface area contributed by atoms with E-state index in [1.54, 1.807) is 5.32 Å². The Hall–Kier alpha value is -1.20. The molecule has 0 spiro atoms. The van der Waals surface area contributed by atoms with E-state index in [2.05, 4.69) is 5.32 Å². The molecule has 6 heteroatoms. The van der Waals surface area contributed by atoms with E-state index in [9.17, 15) is 18.0 Å². The fraction of sp³-hybridized carbons (Fsp3) is 0.500. The van der Waals surface area contributed by atoms with Crippen molar-refractivity contribution in [1.29, 1.82) is 0 Å². The van der Waals surface area contributed by atoms with E-state index >= 15 is 0 Å². The Kier molecular flexibility index (Phi) is 1.99. The summed E-state index contributed by atoms with van der Waals surface area (Å²) in [5.74, 6) is 0. The predicted octanol–water partition coefficient (Wildman–Crippen LogP) is 1.14. The van der Waals surface area contributed by atoms with Gasteiger partial charge in [0.2, 0.25) is 0 Å². The molecule has 0 aromatic rings. The number of amides is 2. The van der Waals surface area contributed by atoms with Crippen LogP contribution in [0.4, 0.5) is 18.0 Å². The highest BCUT2D eigenvalue weighted by Gasteiger charge is 2.38. The molecule has 0 aromatic heterocycles. The van der Waals surface area contributed by atoms with Gasteiger partial charge in [-0.2, -0.15) is 13.2 Å².